The van der Waals surface area contributed by atoms with E-state index in [1.807, 2.05) is 0 Å². The number of ether oxygens (including phenoxy) is 1. The first-order valence-corrected chi connectivity index (χ1v) is 6.89. The lowest BCUT2D eigenvalue weighted by atomic mass is 10.2. The molecule has 1 amide bonds. The van der Waals surface area contributed by atoms with Crippen LogP contribution in [0.3, 0.4) is 0 Å². The Balaban J connectivity index is 1.91. The summed E-state index contributed by atoms with van der Waals surface area (Å²) in [6, 6.07) is 9.53. The molecule has 22 heavy (non-hydrogen) atoms. The van der Waals surface area contributed by atoms with E-state index in [0.717, 1.165) is 0 Å². The fourth-order valence-corrected chi connectivity index (χ4v) is 1.96. The topological polar surface area (TPSA) is 55.4 Å². The Morgan fingerprint density at radius 3 is 2.45 bits per heavy atom. The predicted octanol–water partition coefficient (Wildman–Crippen LogP) is 3.93. The fraction of sp³-hybridized carbons (Fsp3) is 0.0667. The Bertz CT molecular complexity index is 704. The maximum atomic E-state index is 12.7. The van der Waals surface area contributed by atoms with E-state index in [1.54, 1.807) is 0 Å². The highest BCUT2D eigenvalue weighted by atomic mass is 35.5. The lowest BCUT2D eigenvalue weighted by Gasteiger charge is -2.07. The quantitative estimate of drug-likeness (QED) is 0.857. The van der Waals surface area contributed by atoms with E-state index in [-0.39, 0.29) is 10.6 Å². The highest BCUT2D eigenvalue weighted by molar-refractivity contribution is 6.35. The molecule has 0 unspecified atom stereocenters. The summed E-state index contributed by atoms with van der Waals surface area (Å²) in [6.07, 6.45) is 0. The number of amides is 1. The zero-order chi connectivity index (χ0) is 16.1. The van der Waals surface area contributed by atoms with Crippen molar-refractivity contribution >= 4 is 40.8 Å². The zero-order valence-corrected chi connectivity index (χ0v) is 12.6. The van der Waals surface area contributed by atoms with E-state index >= 15 is 0 Å². The second kappa shape index (κ2) is 7.24. The predicted molar refractivity (Wildman–Crippen MR) is 81.8 cm³/mol. The molecule has 0 aromatic heterocycles. The van der Waals surface area contributed by atoms with Crippen molar-refractivity contribution in [3.8, 4) is 0 Å². The Kier molecular flexibility index (Phi) is 5.35. The average Bonchev–Trinajstić information content (AvgIpc) is 2.49. The summed E-state index contributed by atoms with van der Waals surface area (Å²) >= 11 is 11.6. The Labute approximate surface area is 135 Å². The molecule has 114 valence electrons. The standard InChI is InChI=1S/C15H10Cl2FNO3/c16-9-1-6-13(17)12(7-9)15(21)22-8-14(20)19-11-4-2-10(18)3-5-11/h1-7H,8H2,(H,19,20). The normalized spacial score (nSPS) is 10.1. The number of nitrogens with one attached hydrogen (secondary N) is 1. The van der Waals surface area contributed by atoms with Gasteiger partial charge in [0.05, 0.1) is 10.6 Å². The number of hydrogen-bond acceptors (Lipinski definition) is 3. The molecule has 0 heterocycles. The van der Waals surface area contributed by atoms with Gasteiger partial charge in [-0.3, -0.25) is 4.79 Å². The summed E-state index contributed by atoms with van der Waals surface area (Å²) in [5, 5.41) is 2.96. The molecule has 0 spiro atoms. The van der Waals surface area contributed by atoms with Crippen LogP contribution in [0.25, 0.3) is 0 Å². The average molecular weight is 342 g/mol. The van der Waals surface area contributed by atoms with Crippen LogP contribution in [-0.2, 0) is 9.53 Å². The third-order valence-electron chi connectivity index (χ3n) is 2.61. The van der Waals surface area contributed by atoms with Crippen LogP contribution in [0.1, 0.15) is 10.4 Å². The first-order valence-electron chi connectivity index (χ1n) is 6.13. The number of hydrogen-bond donors (Lipinski definition) is 1. The molecule has 0 aliphatic carbocycles. The van der Waals surface area contributed by atoms with Crippen LogP contribution in [0.5, 0.6) is 0 Å². The summed E-state index contributed by atoms with van der Waals surface area (Å²) in [6.45, 7) is -0.501. The molecular formula is C15H10Cl2FNO3. The third kappa shape index (κ3) is 4.44. The maximum absolute atomic E-state index is 12.7. The van der Waals surface area contributed by atoms with Gasteiger partial charge in [0.1, 0.15) is 5.82 Å². The van der Waals surface area contributed by atoms with Crippen LogP contribution >= 0.6 is 23.2 Å². The minimum Gasteiger partial charge on any atom is -0.452 e. The van der Waals surface area contributed by atoms with Gasteiger partial charge in [0.25, 0.3) is 5.91 Å². The van der Waals surface area contributed by atoms with Crippen LogP contribution in [0.15, 0.2) is 42.5 Å². The third-order valence-corrected chi connectivity index (χ3v) is 3.18. The number of carbonyl (C=O) groups is 2. The molecule has 0 aliphatic rings. The van der Waals surface area contributed by atoms with Crippen molar-refractivity contribution in [3.05, 3.63) is 63.9 Å². The van der Waals surface area contributed by atoms with Crippen molar-refractivity contribution in [1.29, 1.82) is 0 Å². The van der Waals surface area contributed by atoms with Gasteiger partial charge < -0.3 is 10.1 Å². The molecular weight excluding hydrogens is 332 g/mol. The van der Waals surface area contributed by atoms with Crippen LogP contribution in [0.2, 0.25) is 10.0 Å². The summed E-state index contributed by atoms with van der Waals surface area (Å²) in [7, 11) is 0. The lowest BCUT2D eigenvalue weighted by Crippen LogP contribution is -2.21. The number of rotatable bonds is 4. The first-order chi connectivity index (χ1) is 10.5. The van der Waals surface area contributed by atoms with E-state index in [0.29, 0.717) is 10.7 Å². The van der Waals surface area contributed by atoms with Crippen LogP contribution < -0.4 is 5.32 Å². The van der Waals surface area contributed by atoms with Gasteiger partial charge in [0.15, 0.2) is 6.61 Å². The molecule has 4 nitrogen and oxygen atoms in total. The largest absolute Gasteiger partial charge is 0.452 e. The van der Waals surface area contributed by atoms with E-state index in [1.165, 1.54) is 42.5 Å². The van der Waals surface area contributed by atoms with E-state index in [2.05, 4.69) is 5.32 Å². The van der Waals surface area contributed by atoms with E-state index in [4.69, 9.17) is 27.9 Å². The lowest BCUT2D eigenvalue weighted by molar-refractivity contribution is -0.119. The van der Waals surface area contributed by atoms with Gasteiger partial charge in [-0.15, -0.1) is 0 Å². The van der Waals surface area contributed by atoms with Crippen molar-refractivity contribution in [2.75, 3.05) is 11.9 Å². The molecule has 1 N–H and O–H groups in total. The van der Waals surface area contributed by atoms with Gasteiger partial charge in [-0.2, -0.15) is 0 Å². The number of carbonyl (C=O) groups excluding carboxylic acids is 2. The van der Waals surface area contributed by atoms with Gasteiger partial charge in [-0.25, -0.2) is 9.18 Å². The first kappa shape index (κ1) is 16.3. The minimum absolute atomic E-state index is 0.0729. The highest BCUT2D eigenvalue weighted by Crippen LogP contribution is 2.21. The molecule has 0 aliphatic heterocycles. The van der Waals surface area contributed by atoms with E-state index < -0.39 is 24.3 Å². The fourth-order valence-electron chi connectivity index (χ4n) is 1.59. The molecule has 0 radical (unpaired) electrons. The molecule has 0 saturated heterocycles. The summed E-state index contributed by atoms with van der Waals surface area (Å²) in [5.41, 5.74) is 0.465. The van der Waals surface area contributed by atoms with Crippen molar-refractivity contribution in [2.24, 2.45) is 0 Å². The number of halogens is 3. The monoisotopic (exact) mass is 341 g/mol. The van der Waals surface area contributed by atoms with Gasteiger partial charge >= 0.3 is 5.97 Å². The Morgan fingerprint density at radius 1 is 1.09 bits per heavy atom. The SMILES string of the molecule is O=C(COC(=O)c1cc(Cl)ccc1Cl)Nc1ccc(F)cc1. The van der Waals surface area contributed by atoms with Crippen molar-refractivity contribution < 1.29 is 18.7 Å². The van der Waals surface area contributed by atoms with E-state index in [9.17, 15) is 14.0 Å². The number of anilines is 1. The second-order valence-electron chi connectivity index (χ2n) is 4.26. The molecule has 2 aromatic carbocycles. The maximum Gasteiger partial charge on any atom is 0.340 e. The number of benzene rings is 2. The summed E-state index contributed by atoms with van der Waals surface area (Å²) < 4.78 is 17.6. The Hall–Kier alpha value is -2.11. The van der Waals surface area contributed by atoms with Gasteiger partial charge in [0.2, 0.25) is 0 Å². The van der Waals surface area contributed by atoms with Gasteiger partial charge in [-0.05, 0) is 42.5 Å². The van der Waals surface area contributed by atoms with Crippen molar-refractivity contribution in [2.45, 2.75) is 0 Å². The molecule has 2 rings (SSSR count). The number of esters is 1. The zero-order valence-electron chi connectivity index (χ0n) is 11.1. The summed E-state index contributed by atoms with van der Waals surface area (Å²) in [5.74, 6) is -1.74. The highest BCUT2D eigenvalue weighted by Gasteiger charge is 2.14. The molecule has 0 saturated carbocycles. The van der Waals surface area contributed by atoms with Crippen molar-refractivity contribution in [1.82, 2.24) is 0 Å². The van der Waals surface area contributed by atoms with Gasteiger partial charge in [-0.1, -0.05) is 23.2 Å². The minimum atomic E-state index is -0.762. The van der Waals surface area contributed by atoms with Gasteiger partial charge in [0, 0.05) is 10.7 Å². The van der Waals surface area contributed by atoms with Crippen LogP contribution in [0, 0.1) is 5.82 Å². The smallest absolute Gasteiger partial charge is 0.340 e. The van der Waals surface area contributed by atoms with Crippen molar-refractivity contribution in [3.63, 3.8) is 0 Å². The van der Waals surface area contributed by atoms with Crippen LogP contribution in [0.4, 0.5) is 10.1 Å². The molecule has 0 fully saturated rings. The molecule has 2 aromatic rings. The van der Waals surface area contributed by atoms with Crippen LogP contribution in [-0.4, -0.2) is 18.5 Å². The molecule has 0 atom stereocenters. The second-order valence-corrected chi connectivity index (χ2v) is 5.10. The molecule has 7 heteroatoms. The Morgan fingerprint density at radius 2 is 1.77 bits per heavy atom. The summed E-state index contributed by atoms with van der Waals surface area (Å²) in [4.78, 5) is 23.5. The molecule has 0 bridgehead atoms.